The number of ether oxygens (including phenoxy) is 1. The molecular weight excluding hydrogens is 226 g/mol. The van der Waals surface area contributed by atoms with Crippen molar-refractivity contribution in [2.75, 3.05) is 13.2 Å². The molecule has 0 aliphatic carbocycles. The molecule has 1 rings (SSSR count). The molecule has 16 heavy (non-hydrogen) atoms. The fraction of sp³-hybridized carbons (Fsp3) is 0.917. The Bertz CT molecular complexity index is 233. The van der Waals surface area contributed by atoms with Crippen molar-refractivity contribution in [3.8, 4) is 0 Å². The van der Waals surface area contributed by atoms with Crippen LogP contribution in [0.4, 0.5) is 0 Å². The highest BCUT2D eigenvalue weighted by Crippen LogP contribution is 2.20. The number of amides is 1. The third-order valence-electron chi connectivity index (χ3n) is 2.94. The van der Waals surface area contributed by atoms with E-state index in [1.165, 1.54) is 0 Å². The van der Waals surface area contributed by atoms with E-state index in [0.29, 0.717) is 19.1 Å². The first-order valence-electron chi connectivity index (χ1n) is 6.04. The molecule has 4 heteroatoms. The number of carbonyl (C=O) groups is 1. The van der Waals surface area contributed by atoms with E-state index < -0.39 is 0 Å². The molecule has 1 N–H and O–H groups in total. The van der Waals surface area contributed by atoms with E-state index in [4.69, 9.17) is 16.3 Å². The second-order valence-electron chi connectivity index (χ2n) is 4.94. The van der Waals surface area contributed by atoms with Crippen LogP contribution in [0.5, 0.6) is 0 Å². The number of carbonyl (C=O) groups excluding carboxylic acids is 1. The van der Waals surface area contributed by atoms with Crippen LogP contribution in [0.25, 0.3) is 0 Å². The molecule has 3 unspecified atom stereocenters. The lowest BCUT2D eigenvalue weighted by Crippen LogP contribution is -2.37. The first-order chi connectivity index (χ1) is 7.50. The van der Waals surface area contributed by atoms with Gasteiger partial charge in [0.25, 0.3) is 0 Å². The van der Waals surface area contributed by atoms with E-state index in [-0.39, 0.29) is 23.3 Å². The largest absolute Gasteiger partial charge is 0.378 e. The summed E-state index contributed by atoms with van der Waals surface area (Å²) in [5.74, 6) is 0.649. The molecule has 94 valence electrons. The van der Waals surface area contributed by atoms with Gasteiger partial charge in [-0.05, 0) is 25.7 Å². The highest BCUT2D eigenvalue weighted by atomic mass is 35.5. The SMILES string of the molecule is CC(C)CC(Cl)CNC(=O)C1CCOC1C. The smallest absolute Gasteiger partial charge is 0.225 e. The normalized spacial score (nSPS) is 27.1. The van der Waals surface area contributed by atoms with Gasteiger partial charge in [0.2, 0.25) is 5.91 Å². The van der Waals surface area contributed by atoms with E-state index in [9.17, 15) is 4.79 Å². The Balaban J connectivity index is 2.24. The minimum absolute atomic E-state index is 0.00270. The van der Waals surface area contributed by atoms with Crippen molar-refractivity contribution in [3.05, 3.63) is 0 Å². The van der Waals surface area contributed by atoms with Crippen LogP contribution in [-0.2, 0) is 9.53 Å². The number of rotatable bonds is 5. The summed E-state index contributed by atoms with van der Waals surface area (Å²) in [6.07, 6.45) is 1.79. The number of hydrogen-bond acceptors (Lipinski definition) is 2. The van der Waals surface area contributed by atoms with Crippen LogP contribution in [0.3, 0.4) is 0 Å². The minimum Gasteiger partial charge on any atom is -0.378 e. The Morgan fingerprint density at radius 3 is 2.75 bits per heavy atom. The fourth-order valence-electron chi connectivity index (χ4n) is 2.01. The summed E-state index contributed by atoms with van der Waals surface area (Å²) in [5, 5.41) is 2.94. The van der Waals surface area contributed by atoms with E-state index in [1.54, 1.807) is 0 Å². The summed E-state index contributed by atoms with van der Waals surface area (Å²) in [6, 6.07) is 0. The van der Waals surface area contributed by atoms with E-state index in [1.807, 2.05) is 6.92 Å². The quantitative estimate of drug-likeness (QED) is 0.757. The topological polar surface area (TPSA) is 38.3 Å². The van der Waals surface area contributed by atoms with E-state index in [0.717, 1.165) is 12.8 Å². The van der Waals surface area contributed by atoms with Gasteiger partial charge >= 0.3 is 0 Å². The highest BCUT2D eigenvalue weighted by Gasteiger charge is 2.30. The Hall–Kier alpha value is -0.280. The first kappa shape index (κ1) is 13.8. The van der Waals surface area contributed by atoms with Crippen LogP contribution in [0.15, 0.2) is 0 Å². The molecule has 1 aliphatic rings. The zero-order valence-corrected chi connectivity index (χ0v) is 11.1. The first-order valence-corrected chi connectivity index (χ1v) is 6.47. The maximum atomic E-state index is 11.8. The molecule has 1 heterocycles. The minimum atomic E-state index is 0.00270. The molecule has 1 aliphatic heterocycles. The Morgan fingerprint density at radius 1 is 1.56 bits per heavy atom. The van der Waals surface area contributed by atoms with Gasteiger partial charge < -0.3 is 10.1 Å². The molecule has 1 fully saturated rings. The number of hydrogen-bond donors (Lipinski definition) is 1. The van der Waals surface area contributed by atoms with Gasteiger partial charge in [0.15, 0.2) is 0 Å². The van der Waals surface area contributed by atoms with Crippen molar-refractivity contribution in [3.63, 3.8) is 0 Å². The van der Waals surface area contributed by atoms with Gasteiger partial charge in [-0.25, -0.2) is 0 Å². The van der Waals surface area contributed by atoms with E-state index in [2.05, 4.69) is 19.2 Å². The second-order valence-corrected chi connectivity index (χ2v) is 5.56. The van der Waals surface area contributed by atoms with Crippen LogP contribution in [0, 0.1) is 11.8 Å². The molecule has 1 amide bonds. The second kappa shape index (κ2) is 6.45. The average molecular weight is 248 g/mol. The molecule has 0 aromatic heterocycles. The van der Waals surface area contributed by atoms with Crippen LogP contribution >= 0.6 is 11.6 Å². The lowest BCUT2D eigenvalue weighted by atomic mass is 10.0. The van der Waals surface area contributed by atoms with Gasteiger partial charge in [-0.15, -0.1) is 11.6 Å². The maximum absolute atomic E-state index is 11.8. The van der Waals surface area contributed by atoms with Gasteiger partial charge in [0.1, 0.15) is 0 Å². The van der Waals surface area contributed by atoms with Gasteiger partial charge in [-0.3, -0.25) is 4.79 Å². The van der Waals surface area contributed by atoms with Crippen molar-refractivity contribution in [1.29, 1.82) is 0 Å². The lowest BCUT2D eigenvalue weighted by molar-refractivity contribution is -0.126. The molecule has 0 aromatic carbocycles. The molecule has 0 bridgehead atoms. The zero-order valence-electron chi connectivity index (χ0n) is 10.3. The standard InChI is InChI=1S/C12H22ClNO2/c1-8(2)6-10(13)7-14-12(15)11-4-5-16-9(11)3/h8-11H,4-7H2,1-3H3,(H,14,15). The summed E-state index contributed by atoms with van der Waals surface area (Å²) in [6.45, 7) is 7.45. The lowest BCUT2D eigenvalue weighted by Gasteiger charge is -2.17. The van der Waals surface area contributed by atoms with Crippen LogP contribution in [-0.4, -0.2) is 30.5 Å². The third kappa shape index (κ3) is 4.30. The molecule has 0 aromatic rings. The average Bonchev–Trinajstić information content (AvgIpc) is 2.60. The zero-order chi connectivity index (χ0) is 12.1. The Labute approximate surface area is 103 Å². The van der Waals surface area contributed by atoms with Crippen molar-refractivity contribution in [1.82, 2.24) is 5.32 Å². The van der Waals surface area contributed by atoms with Crippen molar-refractivity contribution >= 4 is 17.5 Å². The fourth-order valence-corrected chi connectivity index (χ4v) is 2.45. The summed E-state index contributed by atoms with van der Waals surface area (Å²) in [4.78, 5) is 11.8. The predicted molar refractivity (Wildman–Crippen MR) is 65.6 cm³/mol. The van der Waals surface area contributed by atoms with Gasteiger partial charge in [-0.1, -0.05) is 13.8 Å². The molecule has 0 radical (unpaired) electrons. The highest BCUT2D eigenvalue weighted by molar-refractivity contribution is 6.20. The summed E-state index contributed by atoms with van der Waals surface area (Å²) in [7, 11) is 0. The molecule has 3 nitrogen and oxygen atoms in total. The molecule has 1 saturated heterocycles. The molecule has 3 atom stereocenters. The molecule has 0 saturated carbocycles. The third-order valence-corrected chi connectivity index (χ3v) is 3.27. The van der Waals surface area contributed by atoms with Crippen LogP contribution < -0.4 is 5.32 Å². The van der Waals surface area contributed by atoms with E-state index >= 15 is 0 Å². The predicted octanol–water partition coefficient (Wildman–Crippen LogP) is 2.18. The Kier molecular flexibility index (Phi) is 5.56. The maximum Gasteiger partial charge on any atom is 0.225 e. The van der Waals surface area contributed by atoms with Gasteiger partial charge in [0.05, 0.1) is 17.4 Å². The molecular formula is C12H22ClNO2. The number of halogens is 1. The summed E-state index contributed by atoms with van der Waals surface area (Å²) >= 11 is 6.12. The molecule has 0 spiro atoms. The summed E-state index contributed by atoms with van der Waals surface area (Å²) < 4.78 is 5.36. The summed E-state index contributed by atoms with van der Waals surface area (Å²) in [5.41, 5.74) is 0. The Morgan fingerprint density at radius 2 is 2.25 bits per heavy atom. The monoisotopic (exact) mass is 247 g/mol. The van der Waals surface area contributed by atoms with Crippen molar-refractivity contribution in [2.24, 2.45) is 11.8 Å². The van der Waals surface area contributed by atoms with Crippen molar-refractivity contribution < 1.29 is 9.53 Å². The van der Waals surface area contributed by atoms with Gasteiger partial charge in [-0.2, -0.15) is 0 Å². The van der Waals surface area contributed by atoms with Crippen LogP contribution in [0.1, 0.15) is 33.6 Å². The van der Waals surface area contributed by atoms with Gasteiger partial charge in [0, 0.05) is 13.2 Å². The van der Waals surface area contributed by atoms with Crippen molar-refractivity contribution in [2.45, 2.75) is 45.1 Å². The number of nitrogens with one attached hydrogen (secondary N) is 1. The van der Waals surface area contributed by atoms with Crippen LogP contribution in [0.2, 0.25) is 0 Å². The number of alkyl halides is 1.